The molecule has 0 heterocycles. The highest BCUT2D eigenvalue weighted by Gasteiger charge is 2.17. The second-order valence-corrected chi connectivity index (χ2v) is 3.91. The first-order valence-electron chi connectivity index (χ1n) is 4.92. The number of hydrogen-bond acceptors (Lipinski definition) is 4. The Morgan fingerprint density at radius 1 is 1.56 bits per heavy atom. The van der Waals surface area contributed by atoms with Crippen molar-refractivity contribution in [3.8, 4) is 6.07 Å². The molecule has 0 saturated heterocycles. The SMILES string of the molecule is N#Cc1ccc(NC(=O)C(N)CC(=O)O)cc1Cl. The number of carboxylic acids is 1. The van der Waals surface area contributed by atoms with Crippen LogP contribution in [-0.2, 0) is 9.59 Å². The lowest BCUT2D eigenvalue weighted by Crippen LogP contribution is -2.37. The van der Waals surface area contributed by atoms with Crippen LogP contribution in [0.2, 0.25) is 5.02 Å². The molecule has 0 aliphatic heterocycles. The molecule has 0 radical (unpaired) electrons. The Hall–Kier alpha value is -2.10. The van der Waals surface area contributed by atoms with E-state index in [2.05, 4.69) is 5.32 Å². The lowest BCUT2D eigenvalue weighted by molar-refractivity contribution is -0.138. The highest BCUT2D eigenvalue weighted by Crippen LogP contribution is 2.20. The zero-order valence-corrected chi connectivity index (χ0v) is 9.94. The van der Waals surface area contributed by atoms with Gasteiger partial charge in [-0.15, -0.1) is 0 Å². The number of carboxylic acid groups (broad SMARTS) is 1. The molecule has 0 aromatic heterocycles. The van der Waals surface area contributed by atoms with Crippen molar-refractivity contribution in [2.75, 3.05) is 5.32 Å². The fraction of sp³-hybridized carbons (Fsp3) is 0.182. The quantitative estimate of drug-likeness (QED) is 0.751. The third-order valence-corrected chi connectivity index (χ3v) is 2.40. The summed E-state index contributed by atoms with van der Waals surface area (Å²) in [5.41, 5.74) is 6.02. The van der Waals surface area contributed by atoms with Gasteiger partial charge in [-0.1, -0.05) is 11.6 Å². The molecule has 0 fully saturated rings. The fourth-order valence-corrected chi connectivity index (χ4v) is 1.42. The van der Waals surface area contributed by atoms with Crippen molar-refractivity contribution in [2.45, 2.75) is 12.5 Å². The van der Waals surface area contributed by atoms with Crippen LogP contribution in [0.5, 0.6) is 0 Å². The molecule has 0 saturated carbocycles. The molecule has 0 bridgehead atoms. The van der Waals surface area contributed by atoms with Crippen molar-refractivity contribution in [3.05, 3.63) is 28.8 Å². The summed E-state index contributed by atoms with van der Waals surface area (Å²) >= 11 is 5.78. The van der Waals surface area contributed by atoms with Crippen LogP contribution in [0.25, 0.3) is 0 Å². The van der Waals surface area contributed by atoms with Crippen molar-refractivity contribution < 1.29 is 14.7 Å². The number of halogens is 1. The molecular weight excluding hydrogens is 258 g/mol. The minimum absolute atomic E-state index is 0.196. The van der Waals surface area contributed by atoms with Gasteiger partial charge in [0.1, 0.15) is 6.07 Å². The van der Waals surface area contributed by atoms with E-state index in [0.717, 1.165) is 0 Å². The molecule has 0 aliphatic rings. The van der Waals surface area contributed by atoms with E-state index in [-0.39, 0.29) is 10.6 Å². The number of aliphatic carboxylic acids is 1. The molecule has 0 aliphatic carbocycles. The number of hydrogen-bond donors (Lipinski definition) is 3. The molecule has 1 aromatic rings. The molecule has 6 nitrogen and oxygen atoms in total. The van der Waals surface area contributed by atoms with Crippen LogP contribution in [-0.4, -0.2) is 23.0 Å². The number of nitriles is 1. The summed E-state index contributed by atoms with van der Waals surface area (Å²) in [7, 11) is 0. The Bertz CT molecular complexity index is 525. The highest BCUT2D eigenvalue weighted by molar-refractivity contribution is 6.32. The number of amides is 1. The van der Waals surface area contributed by atoms with E-state index in [4.69, 9.17) is 27.7 Å². The van der Waals surface area contributed by atoms with E-state index in [0.29, 0.717) is 5.69 Å². The molecule has 1 rings (SSSR count). The van der Waals surface area contributed by atoms with Crippen LogP contribution >= 0.6 is 11.6 Å². The standard InChI is InChI=1S/C11H10ClN3O3/c12-8-3-7(2-1-6(8)5-13)15-11(18)9(14)4-10(16)17/h1-3,9H,4,14H2,(H,15,18)(H,16,17). The topological polar surface area (TPSA) is 116 Å². The molecule has 1 unspecified atom stereocenters. The highest BCUT2D eigenvalue weighted by atomic mass is 35.5. The van der Waals surface area contributed by atoms with Gasteiger partial charge < -0.3 is 16.2 Å². The third-order valence-electron chi connectivity index (χ3n) is 2.09. The average molecular weight is 268 g/mol. The van der Waals surface area contributed by atoms with E-state index in [1.54, 1.807) is 0 Å². The van der Waals surface area contributed by atoms with Gasteiger partial charge in [0.15, 0.2) is 0 Å². The Kier molecular flexibility index (Phi) is 4.66. The zero-order chi connectivity index (χ0) is 13.7. The number of nitrogens with two attached hydrogens (primary N) is 1. The van der Waals surface area contributed by atoms with Gasteiger partial charge in [-0.05, 0) is 18.2 Å². The lowest BCUT2D eigenvalue weighted by atomic mass is 10.2. The Labute approximate surface area is 108 Å². The van der Waals surface area contributed by atoms with Gasteiger partial charge >= 0.3 is 5.97 Å². The van der Waals surface area contributed by atoms with Crippen molar-refractivity contribution >= 4 is 29.2 Å². The van der Waals surface area contributed by atoms with E-state index < -0.39 is 24.3 Å². The monoisotopic (exact) mass is 267 g/mol. The number of nitrogens with one attached hydrogen (secondary N) is 1. The molecule has 94 valence electrons. The Morgan fingerprint density at radius 2 is 2.22 bits per heavy atom. The first kappa shape index (κ1) is 14.0. The van der Waals surface area contributed by atoms with Gasteiger partial charge in [-0.25, -0.2) is 0 Å². The largest absolute Gasteiger partial charge is 0.481 e. The maximum absolute atomic E-state index is 11.5. The van der Waals surface area contributed by atoms with Crippen molar-refractivity contribution in [1.82, 2.24) is 0 Å². The maximum Gasteiger partial charge on any atom is 0.305 e. The van der Waals surface area contributed by atoms with E-state index in [1.807, 2.05) is 6.07 Å². The van der Waals surface area contributed by atoms with Gasteiger partial charge in [-0.3, -0.25) is 9.59 Å². The second kappa shape index (κ2) is 6.00. The fourth-order valence-electron chi connectivity index (χ4n) is 1.20. The first-order chi connectivity index (χ1) is 8.43. The van der Waals surface area contributed by atoms with Crippen molar-refractivity contribution in [3.63, 3.8) is 0 Å². The molecule has 1 aromatic carbocycles. The summed E-state index contributed by atoms with van der Waals surface area (Å²) in [6.07, 6.45) is -0.462. The third kappa shape index (κ3) is 3.73. The molecular formula is C11H10ClN3O3. The number of anilines is 1. The summed E-state index contributed by atoms with van der Waals surface area (Å²) in [6.45, 7) is 0. The van der Waals surface area contributed by atoms with Crippen LogP contribution in [0.1, 0.15) is 12.0 Å². The van der Waals surface area contributed by atoms with Gasteiger partial charge in [0, 0.05) is 5.69 Å². The Morgan fingerprint density at radius 3 is 2.72 bits per heavy atom. The normalized spacial score (nSPS) is 11.4. The van der Waals surface area contributed by atoms with E-state index in [1.165, 1.54) is 18.2 Å². The number of nitrogens with zero attached hydrogens (tertiary/aromatic N) is 1. The minimum atomic E-state index is -1.16. The Balaban J connectivity index is 2.74. The summed E-state index contributed by atoms with van der Waals surface area (Å²) in [4.78, 5) is 21.9. The molecule has 0 spiro atoms. The van der Waals surface area contributed by atoms with Crippen molar-refractivity contribution in [1.29, 1.82) is 5.26 Å². The molecule has 1 amide bonds. The van der Waals surface area contributed by atoms with Gasteiger partial charge in [0.2, 0.25) is 5.91 Å². The summed E-state index contributed by atoms with van der Waals surface area (Å²) < 4.78 is 0. The summed E-state index contributed by atoms with van der Waals surface area (Å²) in [6, 6.07) is 5.06. The summed E-state index contributed by atoms with van der Waals surface area (Å²) in [5, 5.41) is 19.8. The zero-order valence-electron chi connectivity index (χ0n) is 9.18. The van der Waals surface area contributed by atoms with Crippen LogP contribution in [0.3, 0.4) is 0 Å². The smallest absolute Gasteiger partial charge is 0.305 e. The van der Waals surface area contributed by atoms with E-state index in [9.17, 15) is 9.59 Å². The number of carbonyl (C=O) groups is 2. The second-order valence-electron chi connectivity index (χ2n) is 3.50. The van der Waals surface area contributed by atoms with Crippen LogP contribution < -0.4 is 11.1 Å². The lowest BCUT2D eigenvalue weighted by Gasteiger charge is -2.10. The van der Waals surface area contributed by atoms with E-state index >= 15 is 0 Å². The maximum atomic E-state index is 11.5. The molecule has 7 heteroatoms. The van der Waals surface area contributed by atoms with Crippen LogP contribution in [0.15, 0.2) is 18.2 Å². The first-order valence-corrected chi connectivity index (χ1v) is 5.29. The summed E-state index contributed by atoms with van der Waals surface area (Å²) in [5.74, 6) is -1.78. The minimum Gasteiger partial charge on any atom is -0.481 e. The number of benzene rings is 1. The van der Waals surface area contributed by atoms with Crippen LogP contribution in [0.4, 0.5) is 5.69 Å². The molecule has 4 N–H and O–H groups in total. The van der Waals surface area contributed by atoms with Gasteiger partial charge in [0.05, 0.1) is 23.0 Å². The van der Waals surface area contributed by atoms with Crippen molar-refractivity contribution in [2.24, 2.45) is 5.73 Å². The molecule has 18 heavy (non-hydrogen) atoms. The number of carbonyl (C=O) groups excluding carboxylic acids is 1. The van der Waals surface area contributed by atoms with Gasteiger partial charge in [-0.2, -0.15) is 5.26 Å². The van der Waals surface area contributed by atoms with Crippen LogP contribution in [0, 0.1) is 11.3 Å². The predicted molar refractivity (Wildman–Crippen MR) is 65.0 cm³/mol. The average Bonchev–Trinajstić information content (AvgIpc) is 2.28. The molecule has 1 atom stereocenters. The number of rotatable bonds is 4. The predicted octanol–water partition coefficient (Wildman–Crippen LogP) is 0.952. The van der Waals surface area contributed by atoms with Gasteiger partial charge in [0.25, 0.3) is 0 Å².